The number of aryl methyl sites for hydroxylation is 2. The highest BCUT2D eigenvalue weighted by Crippen LogP contribution is 2.17. The van der Waals surface area contributed by atoms with Crippen molar-refractivity contribution in [3.05, 3.63) is 65.2 Å². The van der Waals surface area contributed by atoms with Gasteiger partial charge in [0.25, 0.3) is 0 Å². The molecule has 1 aliphatic heterocycles. The van der Waals surface area contributed by atoms with Gasteiger partial charge in [-0.15, -0.1) is 0 Å². The number of carbonyl (C=O) groups excluding carboxylic acids is 2. The lowest BCUT2D eigenvalue weighted by molar-refractivity contribution is -0.133. The molecule has 0 radical (unpaired) electrons. The second kappa shape index (κ2) is 9.36. The van der Waals surface area contributed by atoms with E-state index in [1.165, 1.54) is 11.1 Å². The van der Waals surface area contributed by atoms with Crippen molar-refractivity contribution in [2.75, 3.05) is 11.9 Å². The van der Waals surface area contributed by atoms with Crippen molar-refractivity contribution in [2.45, 2.75) is 52.0 Å². The van der Waals surface area contributed by atoms with E-state index in [9.17, 15) is 9.59 Å². The van der Waals surface area contributed by atoms with Crippen LogP contribution in [0, 0.1) is 0 Å². The summed E-state index contributed by atoms with van der Waals surface area (Å²) < 4.78 is 0. The molecule has 1 fully saturated rings. The van der Waals surface area contributed by atoms with Gasteiger partial charge in [-0.1, -0.05) is 43.3 Å². The van der Waals surface area contributed by atoms with Crippen LogP contribution in [0.1, 0.15) is 49.3 Å². The van der Waals surface area contributed by atoms with Gasteiger partial charge in [0.05, 0.1) is 0 Å². The minimum absolute atomic E-state index is 0.0146. The summed E-state index contributed by atoms with van der Waals surface area (Å²) in [5.41, 5.74) is 4.34. The first-order valence-corrected chi connectivity index (χ1v) is 9.88. The molecule has 4 nitrogen and oxygen atoms in total. The van der Waals surface area contributed by atoms with E-state index in [0.717, 1.165) is 43.5 Å². The average molecular weight is 364 g/mol. The summed E-state index contributed by atoms with van der Waals surface area (Å²) in [6.45, 7) is 3.58. The first-order valence-electron chi connectivity index (χ1n) is 9.88. The SMILES string of the molecule is CCc1ccc(CCC(=O)Nc2cccc(CN3CCCCC3=O)c2)cc1. The van der Waals surface area contributed by atoms with Crippen molar-refractivity contribution in [1.29, 1.82) is 0 Å². The molecule has 0 atom stereocenters. The van der Waals surface area contributed by atoms with Crippen molar-refractivity contribution < 1.29 is 9.59 Å². The van der Waals surface area contributed by atoms with Gasteiger partial charge in [-0.3, -0.25) is 9.59 Å². The van der Waals surface area contributed by atoms with Crippen LogP contribution < -0.4 is 5.32 Å². The Morgan fingerprint density at radius 3 is 2.56 bits per heavy atom. The molecule has 0 aromatic heterocycles. The quantitative estimate of drug-likeness (QED) is 0.795. The minimum Gasteiger partial charge on any atom is -0.338 e. The molecule has 4 heteroatoms. The van der Waals surface area contributed by atoms with E-state index in [-0.39, 0.29) is 11.8 Å². The van der Waals surface area contributed by atoms with Crippen LogP contribution in [-0.4, -0.2) is 23.3 Å². The van der Waals surface area contributed by atoms with E-state index in [1.807, 2.05) is 29.2 Å². The van der Waals surface area contributed by atoms with Gasteiger partial charge in [-0.25, -0.2) is 0 Å². The standard InChI is InChI=1S/C23H28N2O2/c1-2-18-9-11-19(12-10-18)13-14-22(26)24-21-7-5-6-20(16-21)17-25-15-4-3-8-23(25)27/h5-7,9-12,16H,2-4,8,13-15,17H2,1H3,(H,24,26). The lowest BCUT2D eigenvalue weighted by atomic mass is 10.1. The van der Waals surface area contributed by atoms with Gasteiger partial charge in [0.1, 0.15) is 0 Å². The summed E-state index contributed by atoms with van der Waals surface area (Å²) >= 11 is 0. The van der Waals surface area contributed by atoms with Crippen LogP contribution >= 0.6 is 0 Å². The van der Waals surface area contributed by atoms with E-state index in [1.54, 1.807) is 0 Å². The maximum Gasteiger partial charge on any atom is 0.224 e. The Morgan fingerprint density at radius 1 is 1.04 bits per heavy atom. The number of likely N-dealkylation sites (tertiary alicyclic amines) is 1. The predicted molar refractivity (Wildman–Crippen MR) is 108 cm³/mol. The number of hydrogen-bond donors (Lipinski definition) is 1. The number of hydrogen-bond acceptors (Lipinski definition) is 2. The normalized spacial score (nSPS) is 14.3. The Kier molecular flexibility index (Phi) is 6.64. The molecule has 3 rings (SSSR count). The van der Waals surface area contributed by atoms with Crippen LogP contribution in [0.25, 0.3) is 0 Å². The molecular weight excluding hydrogens is 336 g/mol. The Balaban J connectivity index is 1.52. The van der Waals surface area contributed by atoms with E-state index >= 15 is 0 Å². The zero-order valence-corrected chi connectivity index (χ0v) is 16.0. The minimum atomic E-state index is 0.0146. The fourth-order valence-electron chi connectivity index (χ4n) is 3.42. The molecule has 0 aliphatic carbocycles. The van der Waals surface area contributed by atoms with Crippen LogP contribution in [0.4, 0.5) is 5.69 Å². The predicted octanol–water partition coefficient (Wildman–Crippen LogP) is 4.33. The maximum absolute atomic E-state index is 12.3. The zero-order chi connectivity index (χ0) is 19.1. The van der Waals surface area contributed by atoms with Gasteiger partial charge < -0.3 is 10.2 Å². The highest BCUT2D eigenvalue weighted by molar-refractivity contribution is 5.90. The Hall–Kier alpha value is -2.62. The lowest BCUT2D eigenvalue weighted by Crippen LogP contribution is -2.34. The van der Waals surface area contributed by atoms with Gasteiger partial charge in [0.2, 0.25) is 11.8 Å². The number of amides is 2. The highest BCUT2D eigenvalue weighted by atomic mass is 16.2. The van der Waals surface area contributed by atoms with Crippen molar-refractivity contribution in [3.8, 4) is 0 Å². The molecule has 0 spiro atoms. The number of anilines is 1. The summed E-state index contributed by atoms with van der Waals surface area (Å²) in [7, 11) is 0. The third kappa shape index (κ3) is 5.68. The first-order chi connectivity index (χ1) is 13.1. The Bertz CT molecular complexity index is 783. The summed E-state index contributed by atoms with van der Waals surface area (Å²) in [6.07, 6.45) is 4.93. The van der Waals surface area contributed by atoms with Crippen LogP contribution in [-0.2, 0) is 29.0 Å². The van der Waals surface area contributed by atoms with Crippen LogP contribution in [0.2, 0.25) is 0 Å². The van der Waals surface area contributed by atoms with Crippen molar-refractivity contribution in [2.24, 2.45) is 0 Å². The molecule has 27 heavy (non-hydrogen) atoms. The van der Waals surface area contributed by atoms with Gasteiger partial charge >= 0.3 is 0 Å². The molecule has 2 aromatic carbocycles. The number of benzene rings is 2. The monoisotopic (exact) mass is 364 g/mol. The third-order valence-corrected chi connectivity index (χ3v) is 5.08. The lowest BCUT2D eigenvalue weighted by Gasteiger charge is -2.26. The molecule has 1 saturated heterocycles. The average Bonchev–Trinajstić information content (AvgIpc) is 2.69. The molecule has 1 heterocycles. The van der Waals surface area contributed by atoms with Crippen molar-refractivity contribution in [1.82, 2.24) is 4.90 Å². The topological polar surface area (TPSA) is 49.4 Å². The maximum atomic E-state index is 12.3. The molecule has 2 aromatic rings. The number of carbonyl (C=O) groups is 2. The molecule has 0 bridgehead atoms. The second-order valence-electron chi connectivity index (χ2n) is 7.19. The largest absolute Gasteiger partial charge is 0.338 e. The molecule has 1 N–H and O–H groups in total. The second-order valence-corrected chi connectivity index (χ2v) is 7.19. The van der Waals surface area contributed by atoms with Crippen molar-refractivity contribution in [3.63, 3.8) is 0 Å². The van der Waals surface area contributed by atoms with Crippen LogP contribution in [0.5, 0.6) is 0 Å². The number of nitrogens with one attached hydrogen (secondary N) is 1. The molecule has 0 saturated carbocycles. The van der Waals surface area contributed by atoms with Gasteiger partial charge in [-0.05, 0) is 54.5 Å². The number of nitrogens with zero attached hydrogens (tertiary/aromatic N) is 1. The molecule has 1 aliphatic rings. The van der Waals surface area contributed by atoms with Gasteiger partial charge in [0.15, 0.2) is 0 Å². The zero-order valence-electron chi connectivity index (χ0n) is 16.0. The first kappa shape index (κ1) is 19.2. The van der Waals surface area contributed by atoms with E-state index in [4.69, 9.17) is 0 Å². The van der Waals surface area contributed by atoms with Gasteiger partial charge in [0, 0.05) is 31.6 Å². The summed E-state index contributed by atoms with van der Waals surface area (Å²) in [4.78, 5) is 26.2. The Morgan fingerprint density at radius 2 is 1.81 bits per heavy atom. The van der Waals surface area contributed by atoms with E-state index in [0.29, 0.717) is 19.4 Å². The summed E-state index contributed by atoms with van der Waals surface area (Å²) in [6, 6.07) is 16.3. The Labute approximate surface area is 161 Å². The molecular formula is C23H28N2O2. The summed E-state index contributed by atoms with van der Waals surface area (Å²) in [5, 5.41) is 2.98. The molecule has 142 valence electrons. The number of piperidine rings is 1. The van der Waals surface area contributed by atoms with Crippen LogP contribution in [0.3, 0.4) is 0 Å². The van der Waals surface area contributed by atoms with E-state index < -0.39 is 0 Å². The smallest absolute Gasteiger partial charge is 0.224 e. The molecule has 0 unspecified atom stereocenters. The van der Waals surface area contributed by atoms with E-state index in [2.05, 4.69) is 36.5 Å². The third-order valence-electron chi connectivity index (χ3n) is 5.08. The van der Waals surface area contributed by atoms with Crippen molar-refractivity contribution >= 4 is 17.5 Å². The summed E-state index contributed by atoms with van der Waals surface area (Å²) in [5.74, 6) is 0.241. The fourth-order valence-corrected chi connectivity index (χ4v) is 3.42. The van der Waals surface area contributed by atoms with Crippen LogP contribution in [0.15, 0.2) is 48.5 Å². The molecule has 2 amide bonds. The van der Waals surface area contributed by atoms with Gasteiger partial charge in [-0.2, -0.15) is 0 Å². The number of rotatable bonds is 7. The fraction of sp³-hybridized carbons (Fsp3) is 0.391. The highest BCUT2D eigenvalue weighted by Gasteiger charge is 2.18.